The molecule has 0 spiro atoms. The normalized spacial score (nSPS) is 12.3. The molecule has 0 bridgehead atoms. The van der Waals surface area contributed by atoms with Gasteiger partial charge in [0.05, 0.1) is 5.52 Å². The number of unbranched alkanes of at least 4 members (excludes halogenated alkanes) is 5. The van der Waals surface area contributed by atoms with Gasteiger partial charge in [0, 0.05) is 47.2 Å². The number of thiophene rings is 1. The average molecular weight is 654 g/mol. The van der Waals surface area contributed by atoms with Crippen molar-refractivity contribution in [1.82, 2.24) is 4.98 Å². The van der Waals surface area contributed by atoms with Gasteiger partial charge in [-0.3, -0.25) is 0 Å². The standard InChI is InChI=1S/C47H43NS/c1-3-4-5-6-7-10-19-35-23-27-39-41-31-36(24-21-33-15-11-8-12-16-33)44-45(47(41)49-43(39)29-35)37(25-22-34-17-13-9-14-18-34)30-40-38-26-20-32(2)28-42(38)48-46(40)44/h8-9,11-18,20-31,48H,3-7,10,19H2,1-2H3/b24-21+,25-22+. The maximum atomic E-state index is 3.90. The number of aromatic nitrogens is 1. The van der Waals surface area contributed by atoms with Crippen LogP contribution in [-0.2, 0) is 6.42 Å². The molecule has 0 saturated carbocycles. The van der Waals surface area contributed by atoms with Gasteiger partial charge >= 0.3 is 0 Å². The number of fused-ring (bicyclic) bond motifs is 9. The van der Waals surface area contributed by atoms with Gasteiger partial charge in [-0.15, -0.1) is 11.3 Å². The van der Waals surface area contributed by atoms with Crippen LogP contribution < -0.4 is 0 Å². The molecular weight excluding hydrogens is 611 g/mol. The van der Waals surface area contributed by atoms with E-state index in [4.69, 9.17) is 0 Å². The average Bonchev–Trinajstić information content (AvgIpc) is 3.68. The zero-order chi connectivity index (χ0) is 33.2. The molecule has 6 aromatic carbocycles. The highest BCUT2D eigenvalue weighted by atomic mass is 32.1. The molecule has 0 unspecified atom stereocenters. The van der Waals surface area contributed by atoms with Crippen LogP contribution in [-0.4, -0.2) is 4.98 Å². The molecule has 0 amide bonds. The molecule has 0 aliphatic carbocycles. The second-order valence-electron chi connectivity index (χ2n) is 13.6. The van der Waals surface area contributed by atoms with E-state index in [-0.39, 0.29) is 0 Å². The SMILES string of the molecule is CCCCCCCCc1ccc2c(c1)sc1c2cc(/C=C/c2ccccc2)c2c3[nH]c4cc(C)ccc4c3cc(/C=C/c3ccccc3)c12. The monoisotopic (exact) mass is 653 g/mol. The third kappa shape index (κ3) is 6.34. The van der Waals surface area contributed by atoms with Crippen molar-refractivity contribution >= 4 is 88.4 Å². The van der Waals surface area contributed by atoms with Crippen LogP contribution in [0.2, 0.25) is 0 Å². The molecule has 49 heavy (non-hydrogen) atoms. The van der Waals surface area contributed by atoms with Crippen LogP contribution in [0.5, 0.6) is 0 Å². The van der Waals surface area contributed by atoms with Gasteiger partial charge in [-0.2, -0.15) is 0 Å². The number of hydrogen-bond acceptors (Lipinski definition) is 1. The summed E-state index contributed by atoms with van der Waals surface area (Å²) in [5.74, 6) is 0. The summed E-state index contributed by atoms with van der Waals surface area (Å²) in [5.41, 5.74) is 10.0. The molecule has 1 nitrogen and oxygen atoms in total. The highest BCUT2D eigenvalue weighted by Crippen LogP contribution is 2.46. The van der Waals surface area contributed by atoms with Gasteiger partial charge in [0.1, 0.15) is 0 Å². The molecule has 2 heteroatoms. The van der Waals surface area contributed by atoms with Crippen LogP contribution in [0.1, 0.15) is 78.8 Å². The topological polar surface area (TPSA) is 15.8 Å². The zero-order valence-electron chi connectivity index (χ0n) is 28.6. The number of hydrogen-bond donors (Lipinski definition) is 1. The zero-order valence-corrected chi connectivity index (χ0v) is 29.4. The number of H-pyrrole nitrogens is 1. The summed E-state index contributed by atoms with van der Waals surface area (Å²) in [7, 11) is 0. The Kier molecular flexibility index (Phi) is 8.89. The summed E-state index contributed by atoms with van der Waals surface area (Å²) in [5, 5.41) is 7.85. The maximum Gasteiger partial charge on any atom is 0.0551 e. The first-order valence-electron chi connectivity index (χ1n) is 18.0. The van der Waals surface area contributed by atoms with Gasteiger partial charge in [0.2, 0.25) is 0 Å². The first-order chi connectivity index (χ1) is 24.2. The number of nitrogens with one attached hydrogen (secondary N) is 1. The van der Waals surface area contributed by atoms with Crippen molar-refractivity contribution in [2.24, 2.45) is 0 Å². The minimum atomic E-state index is 1.16. The Hall–Kier alpha value is -4.92. The first-order valence-corrected chi connectivity index (χ1v) is 18.8. The highest BCUT2D eigenvalue weighted by Gasteiger charge is 2.19. The second kappa shape index (κ2) is 13.9. The summed E-state index contributed by atoms with van der Waals surface area (Å²) >= 11 is 1.96. The van der Waals surface area contributed by atoms with Crippen molar-refractivity contribution < 1.29 is 0 Å². The van der Waals surface area contributed by atoms with Crippen LogP contribution in [0.3, 0.4) is 0 Å². The fraction of sp³-hybridized carbons (Fsp3) is 0.191. The Balaban J connectivity index is 1.37. The summed E-state index contributed by atoms with van der Waals surface area (Å²) < 4.78 is 2.75. The molecule has 242 valence electrons. The second-order valence-corrected chi connectivity index (χ2v) is 14.6. The molecule has 0 saturated heterocycles. The summed E-state index contributed by atoms with van der Waals surface area (Å²) in [6, 6.07) is 40.2. The van der Waals surface area contributed by atoms with Crippen LogP contribution in [0.4, 0.5) is 0 Å². The van der Waals surface area contributed by atoms with Gasteiger partial charge in [0.15, 0.2) is 0 Å². The molecule has 2 aromatic heterocycles. The minimum Gasteiger partial charge on any atom is -0.354 e. The highest BCUT2D eigenvalue weighted by molar-refractivity contribution is 7.26. The Morgan fingerprint density at radius 3 is 1.96 bits per heavy atom. The Bertz CT molecular complexity index is 2430. The predicted molar refractivity (Wildman–Crippen MR) is 219 cm³/mol. The molecular formula is C47H43NS. The Morgan fingerprint density at radius 2 is 1.22 bits per heavy atom. The lowest BCUT2D eigenvalue weighted by Crippen LogP contribution is -1.87. The molecule has 0 fully saturated rings. The molecule has 8 rings (SSSR count). The van der Waals surface area contributed by atoms with Gasteiger partial charge in [0.25, 0.3) is 0 Å². The largest absolute Gasteiger partial charge is 0.354 e. The summed E-state index contributed by atoms with van der Waals surface area (Å²) in [4.78, 5) is 3.90. The summed E-state index contributed by atoms with van der Waals surface area (Å²) in [6.07, 6.45) is 18.3. The quantitative estimate of drug-likeness (QED) is 0.106. The first kappa shape index (κ1) is 31.4. The van der Waals surface area contributed by atoms with E-state index in [1.54, 1.807) is 0 Å². The smallest absolute Gasteiger partial charge is 0.0551 e. The molecule has 1 N–H and O–H groups in total. The number of aromatic amines is 1. The van der Waals surface area contributed by atoms with Crippen LogP contribution in [0.15, 0.2) is 109 Å². The van der Waals surface area contributed by atoms with Crippen molar-refractivity contribution in [2.45, 2.75) is 58.8 Å². The maximum absolute atomic E-state index is 3.90. The van der Waals surface area contributed by atoms with Gasteiger partial charge in [-0.25, -0.2) is 0 Å². The molecule has 0 aliphatic rings. The number of rotatable bonds is 11. The van der Waals surface area contributed by atoms with E-state index in [1.165, 1.54) is 125 Å². The van der Waals surface area contributed by atoms with Gasteiger partial charge in [-0.1, -0.05) is 148 Å². The van der Waals surface area contributed by atoms with E-state index in [0.29, 0.717) is 0 Å². The Labute approximate surface area is 293 Å². The lowest BCUT2D eigenvalue weighted by atomic mass is 9.93. The number of aryl methyl sites for hydroxylation is 2. The summed E-state index contributed by atoms with van der Waals surface area (Å²) in [6.45, 7) is 4.46. The molecule has 0 aliphatic heterocycles. The third-order valence-corrected chi connectivity index (χ3v) is 11.2. The van der Waals surface area contributed by atoms with Crippen molar-refractivity contribution in [2.75, 3.05) is 0 Å². The van der Waals surface area contributed by atoms with Crippen molar-refractivity contribution in [1.29, 1.82) is 0 Å². The molecule has 8 aromatic rings. The van der Waals surface area contributed by atoms with E-state index in [2.05, 4.69) is 152 Å². The fourth-order valence-corrected chi connectivity index (χ4v) is 8.78. The van der Waals surface area contributed by atoms with E-state index in [0.717, 1.165) is 6.42 Å². The molecule has 0 atom stereocenters. The lowest BCUT2D eigenvalue weighted by Gasteiger charge is -2.11. The van der Waals surface area contributed by atoms with Crippen LogP contribution in [0, 0.1) is 6.92 Å². The fourth-order valence-electron chi connectivity index (χ4n) is 7.46. The van der Waals surface area contributed by atoms with Crippen LogP contribution >= 0.6 is 11.3 Å². The van der Waals surface area contributed by atoms with E-state index in [9.17, 15) is 0 Å². The van der Waals surface area contributed by atoms with Crippen molar-refractivity contribution in [3.8, 4) is 0 Å². The predicted octanol–water partition coefficient (Wildman–Crippen LogP) is 14.4. The molecule has 0 radical (unpaired) electrons. The van der Waals surface area contributed by atoms with Crippen molar-refractivity contribution in [3.05, 3.63) is 143 Å². The number of benzene rings is 6. The Morgan fingerprint density at radius 1 is 0.571 bits per heavy atom. The van der Waals surface area contributed by atoms with E-state index >= 15 is 0 Å². The lowest BCUT2D eigenvalue weighted by molar-refractivity contribution is 0.607. The van der Waals surface area contributed by atoms with Gasteiger partial charge < -0.3 is 4.98 Å². The molecule has 2 heterocycles. The van der Waals surface area contributed by atoms with E-state index in [1.807, 2.05) is 11.3 Å². The minimum absolute atomic E-state index is 1.16. The van der Waals surface area contributed by atoms with Crippen molar-refractivity contribution in [3.63, 3.8) is 0 Å². The third-order valence-electron chi connectivity index (χ3n) is 10.0. The van der Waals surface area contributed by atoms with E-state index < -0.39 is 0 Å². The van der Waals surface area contributed by atoms with Crippen LogP contribution in [0.25, 0.3) is 77.1 Å². The van der Waals surface area contributed by atoms with Gasteiger partial charge in [-0.05, 0) is 77.4 Å².